The van der Waals surface area contributed by atoms with Gasteiger partial charge in [-0.05, 0) is 99.7 Å². The summed E-state index contributed by atoms with van der Waals surface area (Å²) < 4.78 is 33.1. The Morgan fingerprint density at radius 1 is 1.10 bits per heavy atom. The van der Waals surface area contributed by atoms with Crippen LogP contribution in [0.15, 0.2) is 23.1 Å². The molecule has 1 amide bonds. The lowest BCUT2D eigenvalue weighted by atomic mass is 9.48. The van der Waals surface area contributed by atoms with Gasteiger partial charge in [-0.15, -0.1) is 0 Å². The minimum Gasteiger partial charge on any atom is -0.495 e. The van der Waals surface area contributed by atoms with Crippen LogP contribution in [0.1, 0.15) is 68.6 Å². The number of benzene rings is 1. The van der Waals surface area contributed by atoms with E-state index in [0.717, 1.165) is 30.6 Å². The molecule has 7 heteroatoms. The molecule has 1 heterocycles. The third-order valence-electron chi connectivity index (χ3n) is 8.46. The smallest absolute Gasteiger partial charge is 0.251 e. The lowest BCUT2D eigenvalue weighted by molar-refractivity contribution is -0.0688. The summed E-state index contributed by atoms with van der Waals surface area (Å²) in [6.45, 7) is 3.19. The van der Waals surface area contributed by atoms with E-state index in [9.17, 15) is 13.2 Å². The van der Waals surface area contributed by atoms with Crippen molar-refractivity contribution in [1.29, 1.82) is 0 Å². The predicted molar refractivity (Wildman–Crippen MR) is 119 cm³/mol. The van der Waals surface area contributed by atoms with Gasteiger partial charge in [-0.25, -0.2) is 8.42 Å². The van der Waals surface area contributed by atoms with E-state index in [1.807, 2.05) is 0 Å². The summed E-state index contributed by atoms with van der Waals surface area (Å²) >= 11 is 0. The molecule has 1 aromatic carbocycles. The number of sulfonamides is 1. The van der Waals surface area contributed by atoms with Gasteiger partial charge >= 0.3 is 0 Å². The molecular formula is C24H34N2O4S. The number of carbonyl (C=O) groups excluding carboxylic acids is 1. The van der Waals surface area contributed by atoms with Crippen LogP contribution in [0, 0.1) is 23.2 Å². The highest BCUT2D eigenvalue weighted by Crippen LogP contribution is 2.61. The van der Waals surface area contributed by atoms with E-state index < -0.39 is 10.0 Å². The Morgan fingerprint density at radius 2 is 1.68 bits per heavy atom. The van der Waals surface area contributed by atoms with Gasteiger partial charge in [-0.2, -0.15) is 4.31 Å². The van der Waals surface area contributed by atoms with Gasteiger partial charge in [0.25, 0.3) is 5.91 Å². The molecule has 4 saturated carbocycles. The van der Waals surface area contributed by atoms with Gasteiger partial charge in [0, 0.05) is 24.7 Å². The first-order valence-corrected chi connectivity index (χ1v) is 13.2. The predicted octanol–water partition coefficient (Wildman–Crippen LogP) is 3.81. The maximum Gasteiger partial charge on any atom is 0.251 e. The minimum absolute atomic E-state index is 0.0898. The zero-order valence-corrected chi connectivity index (χ0v) is 19.4. The van der Waals surface area contributed by atoms with Crippen LogP contribution >= 0.6 is 0 Å². The summed E-state index contributed by atoms with van der Waals surface area (Å²) in [6.07, 6.45) is 9.50. The number of hydrogen-bond donors (Lipinski definition) is 1. The molecule has 5 aliphatic rings. The Hall–Kier alpha value is -1.60. The Balaban J connectivity index is 1.37. The summed E-state index contributed by atoms with van der Waals surface area (Å²) in [5, 5.41) is 3.25. The summed E-state index contributed by atoms with van der Waals surface area (Å²) in [4.78, 5) is 13.3. The van der Waals surface area contributed by atoms with Crippen LogP contribution in [0.3, 0.4) is 0 Å². The van der Waals surface area contributed by atoms with Gasteiger partial charge in [0.1, 0.15) is 10.6 Å². The van der Waals surface area contributed by atoms with Crippen molar-refractivity contribution in [3.8, 4) is 5.75 Å². The van der Waals surface area contributed by atoms with Gasteiger partial charge in [0.15, 0.2) is 0 Å². The minimum atomic E-state index is -3.67. The monoisotopic (exact) mass is 446 g/mol. The number of nitrogens with zero attached hydrogens (tertiary/aromatic N) is 1. The Bertz CT molecular complexity index is 933. The summed E-state index contributed by atoms with van der Waals surface area (Å²) in [6, 6.07) is 4.86. The van der Waals surface area contributed by atoms with Gasteiger partial charge < -0.3 is 10.1 Å². The SMILES string of the molecule is COc1ccc(C(=O)N[C@H](C)C23CC4CC(CC(C4)C2)C3)cc1S(=O)(=O)N1CCCC1. The average molecular weight is 447 g/mol. The number of ether oxygens (including phenoxy) is 1. The fraction of sp³-hybridized carbons (Fsp3) is 0.708. The van der Waals surface area contributed by atoms with Gasteiger partial charge in [0.05, 0.1) is 7.11 Å². The lowest BCUT2D eigenvalue weighted by Gasteiger charge is -2.59. The van der Waals surface area contributed by atoms with Gasteiger partial charge in [-0.3, -0.25) is 4.79 Å². The quantitative estimate of drug-likeness (QED) is 0.721. The second-order valence-corrected chi connectivity index (χ2v) is 12.4. The van der Waals surface area contributed by atoms with Crippen LogP contribution in [-0.2, 0) is 10.0 Å². The second kappa shape index (κ2) is 7.77. The van der Waals surface area contributed by atoms with Crippen molar-refractivity contribution in [2.24, 2.45) is 23.2 Å². The maximum atomic E-state index is 13.2. The molecule has 170 valence electrons. The summed E-state index contributed by atoms with van der Waals surface area (Å²) in [7, 11) is -2.21. The van der Waals surface area contributed by atoms with Crippen LogP contribution in [0.5, 0.6) is 5.75 Å². The molecule has 6 nitrogen and oxygen atoms in total. The van der Waals surface area contributed by atoms with Crippen molar-refractivity contribution < 1.29 is 17.9 Å². The van der Waals surface area contributed by atoms with Crippen molar-refractivity contribution in [2.45, 2.75) is 69.2 Å². The molecule has 4 bridgehead atoms. The van der Waals surface area contributed by atoms with Crippen LogP contribution in [0.2, 0.25) is 0 Å². The van der Waals surface area contributed by atoms with Crippen LogP contribution in [0.25, 0.3) is 0 Å². The molecule has 31 heavy (non-hydrogen) atoms. The van der Waals surface area contributed by atoms with Crippen molar-refractivity contribution in [2.75, 3.05) is 20.2 Å². The summed E-state index contributed by atoms with van der Waals surface area (Å²) in [5.74, 6) is 2.57. The molecule has 0 spiro atoms. The highest BCUT2D eigenvalue weighted by molar-refractivity contribution is 7.89. The van der Waals surface area contributed by atoms with E-state index in [1.54, 1.807) is 12.1 Å². The van der Waals surface area contributed by atoms with E-state index in [2.05, 4.69) is 12.2 Å². The number of hydrogen-bond acceptors (Lipinski definition) is 4. The van der Waals surface area contributed by atoms with Gasteiger partial charge in [0.2, 0.25) is 10.0 Å². The van der Waals surface area contributed by atoms with Crippen molar-refractivity contribution in [3.63, 3.8) is 0 Å². The highest BCUT2D eigenvalue weighted by Gasteiger charge is 2.53. The molecule has 0 radical (unpaired) electrons. The highest BCUT2D eigenvalue weighted by atomic mass is 32.2. The molecule has 0 unspecified atom stereocenters. The van der Waals surface area contributed by atoms with Crippen molar-refractivity contribution in [1.82, 2.24) is 9.62 Å². The molecule has 4 aliphatic carbocycles. The number of rotatable bonds is 6. The average Bonchev–Trinajstić information content (AvgIpc) is 3.28. The zero-order valence-electron chi connectivity index (χ0n) is 18.6. The lowest BCUT2D eigenvalue weighted by Crippen LogP contribution is -2.55. The van der Waals surface area contributed by atoms with Crippen LogP contribution in [0.4, 0.5) is 0 Å². The first kappa shape index (κ1) is 21.3. The van der Waals surface area contributed by atoms with E-state index in [-0.39, 0.29) is 28.0 Å². The first-order valence-electron chi connectivity index (χ1n) is 11.8. The van der Waals surface area contributed by atoms with Gasteiger partial charge in [-0.1, -0.05) is 0 Å². The maximum absolute atomic E-state index is 13.2. The molecule has 1 N–H and O–H groups in total. The van der Waals surface area contributed by atoms with E-state index in [1.165, 1.54) is 56.0 Å². The molecule has 1 aliphatic heterocycles. The Kier molecular flexibility index (Phi) is 5.32. The fourth-order valence-electron chi connectivity index (χ4n) is 7.23. The molecule has 6 rings (SSSR count). The topological polar surface area (TPSA) is 75.7 Å². The van der Waals surface area contributed by atoms with Crippen molar-refractivity contribution in [3.05, 3.63) is 23.8 Å². The first-order chi connectivity index (χ1) is 14.8. The second-order valence-electron chi connectivity index (χ2n) is 10.5. The number of nitrogens with one attached hydrogen (secondary N) is 1. The van der Waals surface area contributed by atoms with Crippen LogP contribution < -0.4 is 10.1 Å². The van der Waals surface area contributed by atoms with Crippen molar-refractivity contribution >= 4 is 15.9 Å². The Labute approximate surface area is 185 Å². The number of methoxy groups -OCH3 is 1. The zero-order chi connectivity index (χ0) is 21.8. The number of carbonyl (C=O) groups is 1. The molecular weight excluding hydrogens is 412 g/mol. The fourth-order valence-corrected chi connectivity index (χ4v) is 8.93. The molecule has 0 aromatic heterocycles. The largest absolute Gasteiger partial charge is 0.495 e. The molecule has 1 atom stereocenters. The van der Waals surface area contributed by atoms with E-state index >= 15 is 0 Å². The Morgan fingerprint density at radius 3 is 2.23 bits per heavy atom. The molecule has 5 fully saturated rings. The molecule has 1 aromatic rings. The van der Waals surface area contributed by atoms with Crippen LogP contribution in [-0.4, -0.2) is 44.9 Å². The third kappa shape index (κ3) is 3.67. The van der Waals surface area contributed by atoms with E-state index in [4.69, 9.17) is 4.74 Å². The standard InChI is InChI=1S/C24H34N2O4S/c1-16(24-13-17-9-18(14-24)11-19(10-17)15-24)25-23(27)20-5-6-21(30-2)22(12-20)31(28,29)26-7-3-4-8-26/h5-6,12,16-19H,3-4,7-11,13-15H2,1-2H3,(H,25,27)/t16-,17?,18?,19?,24?/m1/s1. The normalized spacial score (nSPS) is 33.4. The molecule has 1 saturated heterocycles. The summed E-state index contributed by atoms with van der Waals surface area (Å²) in [5.41, 5.74) is 0.594. The number of amides is 1. The third-order valence-corrected chi connectivity index (χ3v) is 10.4. The van der Waals surface area contributed by atoms with E-state index in [0.29, 0.717) is 18.7 Å².